The quantitative estimate of drug-likeness (QED) is 0.497. The van der Waals surface area contributed by atoms with Gasteiger partial charge in [0.15, 0.2) is 0 Å². The van der Waals surface area contributed by atoms with E-state index in [2.05, 4.69) is 40.5 Å². The van der Waals surface area contributed by atoms with Crippen LogP contribution in [-0.4, -0.2) is 39.8 Å². The number of furan rings is 1. The Hall–Kier alpha value is -2.67. The van der Waals surface area contributed by atoms with E-state index < -0.39 is 0 Å². The van der Waals surface area contributed by atoms with Gasteiger partial charge in [0.1, 0.15) is 11.6 Å². The highest BCUT2D eigenvalue weighted by atomic mass is 32.1. The summed E-state index contributed by atoms with van der Waals surface area (Å²) in [5, 5.41) is 0.816. The van der Waals surface area contributed by atoms with Crippen LogP contribution in [0.4, 0.5) is 5.13 Å². The second-order valence-corrected chi connectivity index (χ2v) is 7.70. The first-order valence-electron chi connectivity index (χ1n) is 10.0. The topological polar surface area (TPSA) is 62.5 Å². The van der Waals surface area contributed by atoms with Gasteiger partial charge >= 0.3 is 0 Å². The molecule has 0 radical (unpaired) electrons. The molecule has 7 heteroatoms. The molecule has 0 saturated carbocycles. The highest BCUT2D eigenvalue weighted by Crippen LogP contribution is 2.22. The van der Waals surface area contributed by atoms with Crippen molar-refractivity contribution in [3.8, 4) is 0 Å². The Balaban J connectivity index is 1.70. The van der Waals surface area contributed by atoms with E-state index >= 15 is 0 Å². The van der Waals surface area contributed by atoms with E-state index in [1.165, 1.54) is 22.7 Å². The second-order valence-electron chi connectivity index (χ2n) is 6.97. The average Bonchev–Trinajstić information content (AvgIpc) is 3.40. The van der Waals surface area contributed by atoms with Gasteiger partial charge in [-0.3, -0.25) is 4.79 Å². The van der Waals surface area contributed by atoms with Gasteiger partial charge < -0.3 is 14.2 Å². The minimum Gasteiger partial charge on any atom is -0.467 e. The zero-order chi connectivity index (χ0) is 20.6. The Morgan fingerprint density at radius 3 is 2.55 bits per heavy atom. The Kier molecular flexibility index (Phi) is 7.41. The third-order valence-corrected chi connectivity index (χ3v) is 5.66. The number of amides is 1. The summed E-state index contributed by atoms with van der Waals surface area (Å²) >= 11 is 1.37. The zero-order valence-corrected chi connectivity index (χ0v) is 18.1. The molecule has 2 aromatic heterocycles. The molecule has 6 nitrogen and oxygen atoms in total. The fraction of sp³-hybridized carbons (Fsp3) is 0.409. The van der Waals surface area contributed by atoms with Crippen LogP contribution in [0.5, 0.6) is 0 Å². The molecule has 3 rings (SSSR count). The highest BCUT2D eigenvalue weighted by Gasteiger charge is 2.18. The predicted molar refractivity (Wildman–Crippen MR) is 116 cm³/mol. The van der Waals surface area contributed by atoms with E-state index in [-0.39, 0.29) is 5.91 Å². The lowest BCUT2D eigenvalue weighted by atomic mass is 10.1. The molecule has 0 saturated heterocycles. The Bertz CT molecular complexity index is 886. The van der Waals surface area contributed by atoms with Crippen molar-refractivity contribution in [1.29, 1.82) is 0 Å². The van der Waals surface area contributed by atoms with E-state index in [0.717, 1.165) is 29.8 Å². The lowest BCUT2D eigenvalue weighted by molar-refractivity contribution is -0.130. The molecule has 154 valence electrons. The predicted octanol–water partition coefficient (Wildman–Crippen LogP) is 4.30. The summed E-state index contributed by atoms with van der Waals surface area (Å²) in [6.45, 7) is 8.69. The summed E-state index contributed by atoms with van der Waals surface area (Å²) < 4.78 is 10.1. The van der Waals surface area contributed by atoms with Gasteiger partial charge in [-0.2, -0.15) is 4.37 Å². The molecule has 0 atom stereocenters. The molecule has 0 unspecified atom stereocenters. The van der Waals surface area contributed by atoms with E-state index in [1.54, 1.807) is 6.26 Å². The molecule has 0 spiro atoms. The molecule has 3 aromatic rings. The van der Waals surface area contributed by atoms with Crippen LogP contribution >= 0.6 is 11.5 Å². The second kappa shape index (κ2) is 10.2. The molecule has 0 aliphatic rings. The van der Waals surface area contributed by atoms with Crippen LogP contribution in [0.25, 0.3) is 0 Å². The molecule has 1 amide bonds. The lowest BCUT2D eigenvalue weighted by Crippen LogP contribution is -2.34. The average molecular weight is 413 g/mol. The summed E-state index contributed by atoms with van der Waals surface area (Å²) in [5.74, 6) is 1.80. The van der Waals surface area contributed by atoms with E-state index in [9.17, 15) is 4.79 Å². The smallest absolute Gasteiger partial charge is 0.224 e. The maximum atomic E-state index is 12.5. The molecule has 0 fully saturated rings. The number of carbonyl (C=O) groups excluding carboxylic acids is 1. The Labute approximate surface area is 176 Å². The van der Waals surface area contributed by atoms with Crippen molar-refractivity contribution in [3.63, 3.8) is 0 Å². The van der Waals surface area contributed by atoms with Crippen LogP contribution in [0.2, 0.25) is 0 Å². The summed E-state index contributed by atoms with van der Waals surface area (Å²) in [7, 11) is 0. The van der Waals surface area contributed by atoms with Gasteiger partial charge in [0, 0.05) is 44.0 Å². The standard InChI is InChI=1S/C22H28N4O2S/c1-4-25(5-2)21(27)12-13-26(16-19-7-6-14-28-19)22-23-20(24-29-22)15-18-10-8-17(3)9-11-18/h6-11,14H,4-5,12-13,15-16H2,1-3H3. The maximum absolute atomic E-state index is 12.5. The summed E-state index contributed by atoms with van der Waals surface area (Å²) in [6.07, 6.45) is 2.80. The van der Waals surface area contributed by atoms with Crippen LogP contribution in [0.3, 0.4) is 0 Å². The lowest BCUT2D eigenvalue weighted by Gasteiger charge is -2.23. The van der Waals surface area contributed by atoms with Gasteiger partial charge in [0.25, 0.3) is 0 Å². The molecule has 0 aliphatic carbocycles. The summed E-state index contributed by atoms with van der Waals surface area (Å²) in [4.78, 5) is 21.1. The molecule has 2 heterocycles. The minimum atomic E-state index is 0.156. The number of anilines is 1. The molecule has 1 aromatic carbocycles. The van der Waals surface area contributed by atoms with Gasteiger partial charge in [0.2, 0.25) is 11.0 Å². The van der Waals surface area contributed by atoms with Crippen LogP contribution in [-0.2, 0) is 17.8 Å². The number of aromatic nitrogens is 2. The minimum absolute atomic E-state index is 0.156. The number of nitrogens with zero attached hydrogens (tertiary/aromatic N) is 4. The van der Waals surface area contributed by atoms with Gasteiger partial charge in [-0.05, 0) is 38.5 Å². The highest BCUT2D eigenvalue weighted by molar-refractivity contribution is 7.09. The zero-order valence-electron chi connectivity index (χ0n) is 17.3. The van der Waals surface area contributed by atoms with E-state index in [1.807, 2.05) is 30.9 Å². The van der Waals surface area contributed by atoms with Gasteiger partial charge in [-0.15, -0.1) is 0 Å². The number of hydrogen-bond acceptors (Lipinski definition) is 6. The molecule has 29 heavy (non-hydrogen) atoms. The van der Waals surface area contributed by atoms with Gasteiger partial charge in [-0.1, -0.05) is 29.8 Å². The summed E-state index contributed by atoms with van der Waals surface area (Å²) in [6, 6.07) is 12.2. The van der Waals surface area contributed by atoms with Crippen LogP contribution < -0.4 is 4.90 Å². The van der Waals surface area contributed by atoms with Crippen LogP contribution in [0, 0.1) is 6.92 Å². The molecular formula is C22H28N4O2S. The van der Waals surface area contributed by atoms with Crippen molar-refractivity contribution in [1.82, 2.24) is 14.3 Å². The van der Waals surface area contributed by atoms with Crippen molar-refractivity contribution in [2.45, 2.75) is 40.2 Å². The van der Waals surface area contributed by atoms with Crippen LogP contribution in [0.1, 0.15) is 43.0 Å². The van der Waals surface area contributed by atoms with E-state index in [4.69, 9.17) is 9.40 Å². The number of carbonyl (C=O) groups is 1. The van der Waals surface area contributed by atoms with Crippen molar-refractivity contribution in [2.75, 3.05) is 24.5 Å². The third kappa shape index (κ3) is 5.90. The van der Waals surface area contributed by atoms with Crippen molar-refractivity contribution in [3.05, 3.63) is 65.4 Å². The molecular weight excluding hydrogens is 384 g/mol. The SMILES string of the molecule is CCN(CC)C(=O)CCN(Cc1ccco1)c1nc(Cc2ccc(C)cc2)ns1. The van der Waals surface area contributed by atoms with Crippen LogP contribution in [0.15, 0.2) is 47.1 Å². The van der Waals surface area contributed by atoms with Crippen molar-refractivity contribution >= 4 is 22.6 Å². The monoisotopic (exact) mass is 412 g/mol. The molecule has 0 bridgehead atoms. The summed E-state index contributed by atoms with van der Waals surface area (Å²) in [5.41, 5.74) is 2.43. The first-order valence-corrected chi connectivity index (χ1v) is 10.8. The first-order chi connectivity index (χ1) is 14.1. The largest absolute Gasteiger partial charge is 0.467 e. The molecule has 0 aliphatic heterocycles. The van der Waals surface area contributed by atoms with Crippen molar-refractivity contribution in [2.24, 2.45) is 0 Å². The number of benzene rings is 1. The van der Waals surface area contributed by atoms with E-state index in [0.29, 0.717) is 25.9 Å². The number of hydrogen-bond donors (Lipinski definition) is 0. The molecule has 0 N–H and O–H groups in total. The Morgan fingerprint density at radius 1 is 1.14 bits per heavy atom. The Morgan fingerprint density at radius 2 is 1.90 bits per heavy atom. The third-order valence-electron chi connectivity index (χ3n) is 4.85. The van der Waals surface area contributed by atoms with Gasteiger partial charge in [-0.25, -0.2) is 4.98 Å². The maximum Gasteiger partial charge on any atom is 0.224 e. The fourth-order valence-electron chi connectivity index (χ4n) is 3.13. The number of aryl methyl sites for hydroxylation is 1. The van der Waals surface area contributed by atoms with Crippen molar-refractivity contribution < 1.29 is 9.21 Å². The van der Waals surface area contributed by atoms with Gasteiger partial charge in [0.05, 0.1) is 12.8 Å². The fourth-order valence-corrected chi connectivity index (χ4v) is 3.84. The number of rotatable bonds is 10. The first kappa shape index (κ1) is 21.0. The normalized spacial score (nSPS) is 10.9.